The van der Waals surface area contributed by atoms with Gasteiger partial charge in [-0.1, -0.05) is 30.3 Å². The zero-order valence-corrected chi connectivity index (χ0v) is 15.6. The van der Waals surface area contributed by atoms with Crippen LogP contribution in [-0.2, 0) is 14.3 Å². The summed E-state index contributed by atoms with van der Waals surface area (Å²) in [5.74, 6) is -0.851. The summed E-state index contributed by atoms with van der Waals surface area (Å²) in [7, 11) is 1.54. The molecule has 1 atom stereocenters. The number of anilines is 2. The van der Waals surface area contributed by atoms with E-state index in [0.29, 0.717) is 16.9 Å². The van der Waals surface area contributed by atoms with Gasteiger partial charge in [0.05, 0.1) is 17.9 Å². The molecule has 144 valence electrons. The van der Waals surface area contributed by atoms with E-state index in [1.165, 1.54) is 16.9 Å². The second-order valence-corrected chi connectivity index (χ2v) is 6.83. The monoisotopic (exact) mass is 379 g/mol. The Morgan fingerprint density at radius 1 is 1.11 bits per heavy atom. The summed E-state index contributed by atoms with van der Waals surface area (Å²) in [4.78, 5) is 42.6. The van der Waals surface area contributed by atoms with Crippen LogP contribution in [0.25, 0.3) is 0 Å². The lowest BCUT2D eigenvalue weighted by Crippen LogP contribution is -2.69. The van der Waals surface area contributed by atoms with Crippen LogP contribution in [0.2, 0.25) is 0 Å². The number of rotatable bonds is 5. The first-order valence-corrected chi connectivity index (χ1v) is 9.19. The molecule has 2 aliphatic heterocycles. The molecule has 0 aromatic heterocycles. The summed E-state index contributed by atoms with van der Waals surface area (Å²) in [5, 5.41) is 2.88. The van der Waals surface area contributed by atoms with Gasteiger partial charge in [0.15, 0.2) is 0 Å². The third-order valence-corrected chi connectivity index (χ3v) is 5.29. The van der Waals surface area contributed by atoms with E-state index in [1.54, 1.807) is 36.4 Å². The van der Waals surface area contributed by atoms with Crippen LogP contribution in [0.1, 0.15) is 23.2 Å². The summed E-state index contributed by atoms with van der Waals surface area (Å²) in [5.41, 5.74) is 0.0970. The Morgan fingerprint density at radius 3 is 2.57 bits per heavy atom. The molecule has 0 bridgehead atoms. The molecular weight excluding hydrogens is 358 g/mol. The minimum atomic E-state index is -1.41. The van der Waals surface area contributed by atoms with Gasteiger partial charge in [-0.15, -0.1) is 0 Å². The van der Waals surface area contributed by atoms with Crippen molar-refractivity contribution in [2.75, 3.05) is 30.5 Å². The van der Waals surface area contributed by atoms with Crippen molar-refractivity contribution in [2.45, 2.75) is 18.5 Å². The third-order valence-electron chi connectivity index (χ3n) is 5.29. The van der Waals surface area contributed by atoms with Gasteiger partial charge in [0.2, 0.25) is 11.6 Å². The lowest BCUT2D eigenvalue weighted by molar-refractivity contribution is -0.129. The molecule has 0 radical (unpaired) electrons. The molecule has 2 heterocycles. The maximum Gasteiger partial charge on any atom is 0.271 e. The highest BCUT2D eigenvalue weighted by atomic mass is 16.5. The molecule has 28 heavy (non-hydrogen) atoms. The first-order valence-electron chi connectivity index (χ1n) is 9.19. The molecule has 3 amide bonds. The number of nitrogens with one attached hydrogen (secondary N) is 1. The van der Waals surface area contributed by atoms with Gasteiger partial charge < -0.3 is 15.0 Å². The Morgan fingerprint density at radius 2 is 1.82 bits per heavy atom. The number of fused-ring (bicyclic) bond motifs is 3. The Balaban J connectivity index is 1.83. The first-order chi connectivity index (χ1) is 13.6. The van der Waals surface area contributed by atoms with Gasteiger partial charge >= 0.3 is 0 Å². The molecule has 0 unspecified atom stereocenters. The zero-order chi connectivity index (χ0) is 19.7. The second kappa shape index (κ2) is 7.09. The maximum absolute atomic E-state index is 13.5. The minimum Gasteiger partial charge on any atom is -0.383 e. The number of ether oxygens (including phenoxy) is 1. The summed E-state index contributed by atoms with van der Waals surface area (Å²) in [6.07, 6.45) is 0.418. The average Bonchev–Trinajstić information content (AvgIpc) is 3.07. The van der Waals surface area contributed by atoms with Crippen LogP contribution in [-0.4, -0.2) is 48.5 Å². The number of carbonyl (C=O) groups excluding carboxylic acids is 3. The summed E-state index contributed by atoms with van der Waals surface area (Å²) in [6, 6.07) is 15.9. The fourth-order valence-corrected chi connectivity index (χ4v) is 4.02. The van der Waals surface area contributed by atoms with Gasteiger partial charge in [0.25, 0.3) is 11.8 Å². The number of benzene rings is 2. The predicted molar refractivity (Wildman–Crippen MR) is 104 cm³/mol. The number of carbonyl (C=O) groups is 3. The molecule has 1 saturated heterocycles. The Bertz CT molecular complexity index is 930. The molecule has 7 nitrogen and oxygen atoms in total. The highest BCUT2D eigenvalue weighted by molar-refractivity contribution is 6.18. The van der Waals surface area contributed by atoms with Crippen LogP contribution in [0.3, 0.4) is 0 Å². The van der Waals surface area contributed by atoms with Gasteiger partial charge in [-0.2, -0.15) is 0 Å². The molecule has 0 saturated carbocycles. The summed E-state index contributed by atoms with van der Waals surface area (Å²) >= 11 is 0. The van der Waals surface area contributed by atoms with Crippen molar-refractivity contribution in [3.05, 3.63) is 60.2 Å². The van der Waals surface area contributed by atoms with Gasteiger partial charge in [0.1, 0.15) is 0 Å². The molecule has 0 spiro atoms. The Labute approximate surface area is 162 Å². The average molecular weight is 379 g/mol. The van der Waals surface area contributed by atoms with Crippen molar-refractivity contribution in [2.24, 2.45) is 0 Å². The van der Waals surface area contributed by atoms with E-state index in [0.717, 1.165) is 0 Å². The van der Waals surface area contributed by atoms with Crippen LogP contribution in [0.15, 0.2) is 54.6 Å². The van der Waals surface area contributed by atoms with E-state index in [1.807, 2.05) is 18.2 Å². The summed E-state index contributed by atoms with van der Waals surface area (Å²) < 4.78 is 5.17. The fraction of sp³-hybridized carbons (Fsp3) is 0.286. The molecule has 7 heteroatoms. The van der Waals surface area contributed by atoms with Gasteiger partial charge in [-0.3, -0.25) is 19.3 Å². The Hall–Kier alpha value is -3.19. The van der Waals surface area contributed by atoms with Crippen molar-refractivity contribution in [1.29, 1.82) is 0 Å². The van der Waals surface area contributed by atoms with Crippen LogP contribution >= 0.6 is 0 Å². The molecule has 2 aliphatic rings. The van der Waals surface area contributed by atoms with Crippen molar-refractivity contribution < 1.29 is 19.1 Å². The normalized spacial score (nSPS) is 20.8. The fourth-order valence-electron chi connectivity index (χ4n) is 4.02. The van der Waals surface area contributed by atoms with Crippen molar-refractivity contribution >= 4 is 29.1 Å². The lowest BCUT2D eigenvalue weighted by Gasteiger charge is -2.49. The molecule has 2 aromatic carbocycles. The highest BCUT2D eigenvalue weighted by Crippen LogP contribution is 2.44. The highest BCUT2D eigenvalue weighted by Gasteiger charge is 2.60. The van der Waals surface area contributed by atoms with Gasteiger partial charge in [-0.25, -0.2) is 0 Å². The van der Waals surface area contributed by atoms with E-state index in [-0.39, 0.29) is 37.8 Å². The van der Waals surface area contributed by atoms with Crippen molar-refractivity contribution in [3.8, 4) is 0 Å². The van der Waals surface area contributed by atoms with Crippen LogP contribution in [0.5, 0.6) is 0 Å². The van der Waals surface area contributed by atoms with Crippen LogP contribution < -0.4 is 10.2 Å². The SMILES string of the molecule is COCCN1C(=O)c2ccccc2N2C(=O)CC[C@@]12C(=O)Nc1ccccc1. The smallest absolute Gasteiger partial charge is 0.271 e. The lowest BCUT2D eigenvalue weighted by atomic mass is 9.95. The van der Waals surface area contributed by atoms with E-state index in [2.05, 4.69) is 5.32 Å². The third kappa shape index (κ3) is 2.66. The number of methoxy groups -OCH3 is 1. The first kappa shape index (κ1) is 18.2. The number of nitrogens with zero attached hydrogens (tertiary/aromatic N) is 2. The number of amides is 3. The minimum absolute atomic E-state index is 0.175. The quantitative estimate of drug-likeness (QED) is 0.864. The molecule has 1 fully saturated rings. The zero-order valence-electron chi connectivity index (χ0n) is 15.6. The van der Waals surface area contributed by atoms with E-state index >= 15 is 0 Å². The van der Waals surface area contributed by atoms with Crippen LogP contribution in [0, 0.1) is 0 Å². The van der Waals surface area contributed by atoms with E-state index < -0.39 is 11.6 Å². The van der Waals surface area contributed by atoms with Gasteiger partial charge in [-0.05, 0) is 24.3 Å². The predicted octanol–water partition coefficient (Wildman–Crippen LogP) is 2.25. The van der Waals surface area contributed by atoms with Gasteiger partial charge in [0, 0.05) is 32.2 Å². The molecule has 1 N–H and O–H groups in total. The topological polar surface area (TPSA) is 79.0 Å². The number of hydrogen-bond donors (Lipinski definition) is 1. The number of para-hydroxylation sites is 2. The molecule has 2 aromatic rings. The largest absolute Gasteiger partial charge is 0.383 e. The standard InChI is InChI=1S/C21H21N3O4/c1-28-14-13-23-19(26)16-9-5-6-10-17(16)24-18(25)11-12-21(23,24)20(27)22-15-7-3-2-4-8-15/h2-10H,11-14H2,1H3,(H,22,27)/t21-/m1/s1. The molecule has 0 aliphatic carbocycles. The van der Waals surface area contributed by atoms with E-state index in [9.17, 15) is 14.4 Å². The molecular formula is C21H21N3O4. The van der Waals surface area contributed by atoms with E-state index in [4.69, 9.17) is 4.74 Å². The van der Waals surface area contributed by atoms with Crippen molar-refractivity contribution in [3.63, 3.8) is 0 Å². The van der Waals surface area contributed by atoms with Crippen LogP contribution in [0.4, 0.5) is 11.4 Å². The molecule has 4 rings (SSSR count). The summed E-state index contributed by atoms with van der Waals surface area (Å²) in [6.45, 7) is 0.464. The van der Waals surface area contributed by atoms with Crippen molar-refractivity contribution in [1.82, 2.24) is 4.90 Å². The Kier molecular flexibility index (Phi) is 4.60. The second-order valence-electron chi connectivity index (χ2n) is 6.83. The maximum atomic E-state index is 13.5. The number of hydrogen-bond acceptors (Lipinski definition) is 4.